The molecule has 1 amide bonds. The van der Waals surface area contributed by atoms with E-state index in [9.17, 15) is 9.18 Å². The molecule has 0 radical (unpaired) electrons. The van der Waals surface area contributed by atoms with Gasteiger partial charge in [0.15, 0.2) is 5.65 Å². The highest BCUT2D eigenvalue weighted by Crippen LogP contribution is 2.30. The molecule has 10 heteroatoms. The number of nitrogens with zero attached hydrogens (tertiary/aromatic N) is 7. The number of aromatic nitrogens is 5. The Morgan fingerprint density at radius 1 is 1.03 bits per heavy atom. The first-order valence-corrected chi connectivity index (χ1v) is 10.3. The predicted octanol–water partition coefficient (Wildman–Crippen LogP) is 2.09. The summed E-state index contributed by atoms with van der Waals surface area (Å²) in [6.45, 7) is 2.56. The number of rotatable bonds is 5. The maximum atomic E-state index is 14.5. The summed E-state index contributed by atoms with van der Waals surface area (Å²) in [5, 5.41) is 3.18. The fraction of sp³-hybridized carbons (Fsp3) is 0.227. The summed E-state index contributed by atoms with van der Waals surface area (Å²) in [7, 11) is 0. The first-order valence-electron chi connectivity index (χ1n) is 10.3. The molecule has 1 fully saturated rings. The molecule has 5 rings (SSSR count). The Labute approximate surface area is 183 Å². The van der Waals surface area contributed by atoms with Crippen LogP contribution in [0, 0.1) is 5.82 Å². The minimum atomic E-state index is -0.377. The van der Waals surface area contributed by atoms with E-state index in [1.807, 2.05) is 0 Å². The van der Waals surface area contributed by atoms with E-state index in [-0.39, 0.29) is 18.3 Å². The third-order valence-corrected chi connectivity index (χ3v) is 5.43. The number of fused-ring (bicyclic) bond motifs is 1. The van der Waals surface area contributed by atoms with E-state index < -0.39 is 0 Å². The average Bonchev–Trinajstić information content (AvgIpc) is 3.22. The van der Waals surface area contributed by atoms with Gasteiger partial charge in [0.1, 0.15) is 17.3 Å². The smallest absolute Gasteiger partial charge is 0.242 e. The van der Waals surface area contributed by atoms with Crippen LogP contribution in [0.5, 0.6) is 0 Å². The van der Waals surface area contributed by atoms with Gasteiger partial charge in [-0.2, -0.15) is 0 Å². The van der Waals surface area contributed by atoms with Gasteiger partial charge >= 0.3 is 0 Å². The van der Waals surface area contributed by atoms with Crippen LogP contribution in [-0.4, -0.2) is 67.9 Å². The second kappa shape index (κ2) is 8.58. The lowest BCUT2D eigenvalue weighted by Gasteiger charge is -2.34. The Hall–Kier alpha value is -4.08. The number of carbonyl (C=O) groups excluding carboxylic acids is 1. The molecule has 1 N–H and O–H groups in total. The molecule has 162 valence electrons. The molecule has 32 heavy (non-hydrogen) atoms. The van der Waals surface area contributed by atoms with Gasteiger partial charge in [-0.05, 0) is 18.2 Å². The maximum absolute atomic E-state index is 14.5. The summed E-state index contributed by atoms with van der Waals surface area (Å²) in [4.78, 5) is 33.9. The van der Waals surface area contributed by atoms with E-state index in [0.717, 1.165) is 0 Å². The zero-order valence-corrected chi connectivity index (χ0v) is 17.2. The normalized spacial score (nSPS) is 14.0. The molecule has 0 saturated carbocycles. The van der Waals surface area contributed by atoms with Crippen molar-refractivity contribution in [3.05, 3.63) is 67.1 Å². The lowest BCUT2D eigenvalue weighted by atomic mass is 10.1. The molecular weight excluding hydrogens is 411 g/mol. The van der Waals surface area contributed by atoms with Gasteiger partial charge < -0.3 is 15.1 Å². The van der Waals surface area contributed by atoms with Gasteiger partial charge in [-0.25, -0.2) is 19.3 Å². The number of amides is 1. The van der Waals surface area contributed by atoms with Crippen LogP contribution in [0.4, 0.5) is 16.2 Å². The molecule has 1 aliphatic rings. The van der Waals surface area contributed by atoms with Crippen molar-refractivity contribution in [3.63, 3.8) is 0 Å². The fourth-order valence-electron chi connectivity index (χ4n) is 3.80. The van der Waals surface area contributed by atoms with Crippen molar-refractivity contribution in [1.29, 1.82) is 0 Å². The molecule has 4 aromatic rings. The lowest BCUT2D eigenvalue weighted by molar-refractivity contribution is -0.129. The van der Waals surface area contributed by atoms with Crippen molar-refractivity contribution >= 4 is 23.3 Å². The second-order valence-corrected chi connectivity index (χ2v) is 7.36. The van der Waals surface area contributed by atoms with Crippen molar-refractivity contribution in [3.8, 4) is 11.3 Å². The molecule has 1 saturated heterocycles. The number of nitrogens with one attached hydrogen (secondary N) is 1. The highest BCUT2D eigenvalue weighted by Gasteiger charge is 2.23. The summed E-state index contributed by atoms with van der Waals surface area (Å²) in [6.07, 6.45) is 8.38. The topological polar surface area (TPSA) is 91.6 Å². The Morgan fingerprint density at radius 3 is 2.59 bits per heavy atom. The summed E-state index contributed by atoms with van der Waals surface area (Å²) < 4.78 is 16.2. The summed E-state index contributed by atoms with van der Waals surface area (Å²) in [6, 6.07) is 8.23. The summed E-state index contributed by atoms with van der Waals surface area (Å²) in [5.74, 6) is 0.809. The summed E-state index contributed by atoms with van der Waals surface area (Å²) in [5.41, 5.74) is 1.37. The zero-order valence-electron chi connectivity index (χ0n) is 17.2. The predicted molar refractivity (Wildman–Crippen MR) is 118 cm³/mol. The van der Waals surface area contributed by atoms with E-state index in [1.54, 1.807) is 64.6 Å². The molecule has 0 bridgehead atoms. The van der Waals surface area contributed by atoms with Crippen LogP contribution in [0.25, 0.3) is 16.9 Å². The molecule has 4 heterocycles. The molecule has 0 aliphatic carbocycles. The molecule has 0 atom stereocenters. The number of hydrogen-bond acceptors (Lipinski definition) is 7. The van der Waals surface area contributed by atoms with Crippen molar-refractivity contribution in [2.24, 2.45) is 0 Å². The van der Waals surface area contributed by atoms with E-state index >= 15 is 0 Å². The SMILES string of the molecule is O=C(CNc1c(-c2ccccc2F)nc2cnccn12)N1CCN(c2ncccn2)CC1. The first-order chi connectivity index (χ1) is 15.7. The third-order valence-electron chi connectivity index (χ3n) is 5.43. The van der Waals surface area contributed by atoms with Crippen LogP contribution in [-0.2, 0) is 4.79 Å². The van der Waals surface area contributed by atoms with Crippen LogP contribution < -0.4 is 10.2 Å². The van der Waals surface area contributed by atoms with Crippen LogP contribution in [0.1, 0.15) is 0 Å². The van der Waals surface area contributed by atoms with Crippen molar-refractivity contribution < 1.29 is 9.18 Å². The Morgan fingerprint density at radius 2 is 1.81 bits per heavy atom. The van der Waals surface area contributed by atoms with Crippen molar-refractivity contribution in [1.82, 2.24) is 29.2 Å². The standard InChI is InChI=1S/C22H21FN8O/c23-17-5-2-1-4-16(17)20-21(31-9-8-24-14-18(31)28-20)27-15-19(32)29-10-12-30(13-11-29)22-25-6-3-7-26-22/h1-9,14,27H,10-13,15H2. The molecule has 0 spiro atoms. The monoisotopic (exact) mass is 432 g/mol. The molecule has 1 aliphatic heterocycles. The number of halogens is 1. The molecule has 3 aromatic heterocycles. The van der Waals surface area contributed by atoms with Crippen molar-refractivity contribution in [2.75, 3.05) is 42.9 Å². The van der Waals surface area contributed by atoms with Crippen molar-refractivity contribution in [2.45, 2.75) is 0 Å². The van der Waals surface area contributed by atoms with E-state index in [0.29, 0.717) is 54.8 Å². The van der Waals surface area contributed by atoms with Gasteiger partial charge in [-0.3, -0.25) is 14.2 Å². The lowest BCUT2D eigenvalue weighted by Crippen LogP contribution is -2.50. The molecule has 0 unspecified atom stereocenters. The number of imidazole rings is 1. The van der Waals surface area contributed by atoms with Crippen LogP contribution in [0.3, 0.4) is 0 Å². The number of anilines is 2. The number of benzene rings is 1. The molecular formula is C22H21FN8O. The van der Waals surface area contributed by atoms with E-state index in [2.05, 4.69) is 30.2 Å². The maximum Gasteiger partial charge on any atom is 0.242 e. The van der Waals surface area contributed by atoms with Crippen LogP contribution in [0.2, 0.25) is 0 Å². The minimum absolute atomic E-state index is 0.0397. The Bertz CT molecular complexity index is 1240. The molecule has 1 aromatic carbocycles. The third kappa shape index (κ3) is 3.82. The van der Waals surface area contributed by atoms with E-state index in [4.69, 9.17) is 0 Å². The van der Waals surface area contributed by atoms with E-state index in [1.165, 1.54) is 6.07 Å². The molecule has 9 nitrogen and oxygen atoms in total. The van der Waals surface area contributed by atoms with Gasteiger partial charge in [-0.1, -0.05) is 12.1 Å². The van der Waals surface area contributed by atoms with Gasteiger partial charge in [0, 0.05) is 56.5 Å². The first kappa shape index (κ1) is 19.9. The van der Waals surface area contributed by atoms with Crippen LogP contribution >= 0.6 is 0 Å². The van der Waals surface area contributed by atoms with Crippen LogP contribution in [0.15, 0.2) is 61.3 Å². The largest absolute Gasteiger partial charge is 0.360 e. The van der Waals surface area contributed by atoms with Gasteiger partial charge in [-0.15, -0.1) is 0 Å². The zero-order chi connectivity index (χ0) is 21.9. The Kier molecular flexibility index (Phi) is 5.32. The quantitative estimate of drug-likeness (QED) is 0.516. The van der Waals surface area contributed by atoms with Gasteiger partial charge in [0.2, 0.25) is 11.9 Å². The second-order valence-electron chi connectivity index (χ2n) is 7.36. The Balaban J connectivity index is 1.31. The summed E-state index contributed by atoms with van der Waals surface area (Å²) >= 11 is 0. The number of piperazine rings is 1. The number of carbonyl (C=O) groups is 1. The highest BCUT2D eigenvalue weighted by atomic mass is 19.1. The average molecular weight is 432 g/mol. The minimum Gasteiger partial charge on any atom is -0.360 e. The van der Waals surface area contributed by atoms with Gasteiger partial charge in [0.05, 0.1) is 12.7 Å². The fourth-order valence-corrected chi connectivity index (χ4v) is 3.80. The number of hydrogen-bond donors (Lipinski definition) is 1. The van der Waals surface area contributed by atoms with Gasteiger partial charge in [0.25, 0.3) is 0 Å². The highest BCUT2D eigenvalue weighted by molar-refractivity contribution is 5.84.